The van der Waals surface area contributed by atoms with E-state index in [1.54, 1.807) is 0 Å². The normalized spacial score (nSPS) is 29.0. The number of urea groups is 1. The number of primary amides is 1. The largest absolute Gasteiger partial charge is 0.369 e. The van der Waals surface area contributed by atoms with E-state index in [2.05, 4.69) is 36.1 Å². The van der Waals surface area contributed by atoms with Gasteiger partial charge in [-0.3, -0.25) is 4.79 Å². The molecule has 3 fully saturated rings. The molecule has 0 aliphatic carbocycles. The molecular weight excluding hydrogens is 326 g/mol. The van der Waals surface area contributed by atoms with Crippen molar-refractivity contribution in [3.63, 3.8) is 0 Å². The van der Waals surface area contributed by atoms with Crippen molar-refractivity contribution in [1.82, 2.24) is 9.80 Å². The summed E-state index contributed by atoms with van der Waals surface area (Å²) in [6.45, 7) is 3.43. The molecule has 3 atom stereocenters. The maximum absolute atomic E-state index is 13.1. The van der Waals surface area contributed by atoms with Crippen LogP contribution in [-0.4, -0.2) is 46.9 Å². The first-order chi connectivity index (χ1) is 12.5. The van der Waals surface area contributed by atoms with Crippen molar-refractivity contribution < 1.29 is 9.59 Å². The summed E-state index contributed by atoms with van der Waals surface area (Å²) in [7, 11) is 0. The Bertz CT molecular complexity index is 665. The van der Waals surface area contributed by atoms with Crippen LogP contribution < -0.4 is 5.73 Å². The number of fused-ring (bicyclic) bond motifs is 2. The van der Waals surface area contributed by atoms with Crippen molar-refractivity contribution in [2.45, 2.75) is 63.5 Å². The number of hydrogen-bond donors (Lipinski definition) is 1. The van der Waals surface area contributed by atoms with E-state index in [1.165, 1.54) is 11.1 Å². The van der Waals surface area contributed by atoms with Gasteiger partial charge in [0.25, 0.3) is 0 Å². The monoisotopic (exact) mass is 355 g/mol. The molecular formula is C21H29N3O2. The molecule has 140 valence electrons. The molecule has 3 saturated heterocycles. The summed E-state index contributed by atoms with van der Waals surface area (Å²) >= 11 is 0. The lowest BCUT2D eigenvalue weighted by atomic mass is 9.85. The van der Waals surface area contributed by atoms with Crippen LogP contribution in [-0.2, 0) is 4.79 Å². The van der Waals surface area contributed by atoms with Crippen molar-refractivity contribution in [2.75, 3.05) is 13.1 Å². The van der Waals surface area contributed by atoms with E-state index < -0.39 is 0 Å². The zero-order valence-corrected chi connectivity index (χ0v) is 15.6. The Morgan fingerprint density at radius 3 is 2.08 bits per heavy atom. The molecule has 2 N–H and O–H groups in total. The molecule has 0 saturated carbocycles. The Kier molecular flexibility index (Phi) is 4.63. The third-order valence-electron chi connectivity index (χ3n) is 6.67. The molecule has 3 amide bonds. The molecule has 4 rings (SSSR count). The van der Waals surface area contributed by atoms with Gasteiger partial charge in [0.05, 0.1) is 0 Å². The van der Waals surface area contributed by atoms with Crippen LogP contribution in [0.2, 0.25) is 0 Å². The van der Waals surface area contributed by atoms with Crippen LogP contribution in [0.5, 0.6) is 0 Å². The van der Waals surface area contributed by atoms with Crippen molar-refractivity contribution in [3.05, 3.63) is 35.4 Å². The van der Waals surface area contributed by atoms with Gasteiger partial charge in [-0.15, -0.1) is 0 Å². The highest BCUT2D eigenvalue weighted by molar-refractivity contribution is 5.78. The van der Waals surface area contributed by atoms with Crippen molar-refractivity contribution >= 4 is 11.9 Å². The van der Waals surface area contributed by atoms with E-state index in [4.69, 9.17) is 5.73 Å². The molecule has 3 heterocycles. The Balaban J connectivity index is 1.41. The average molecular weight is 355 g/mol. The van der Waals surface area contributed by atoms with Gasteiger partial charge >= 0.3 is 6.03 Å². The number of rotatable bonds is 2. The van der Waals surface area contributed by atoms with Gasteiger partial charge in [0.1, 0.15) is 0 Å². The van der Waals surface area contributed by atoms with E-state index in [1.807, 2.05) is 4.90 Å². The lowest BCUT2D eigenvalue weighted by molar-refractivity contribution is -0.123. The molecule has 0 aromatic heterocycles. The number of likely N-dealkylation sites (tertiary alicyclic amines) is 1. The molecule has 1 aromatic carbocycles. The van der Waals surface area contributed by atoms with Crippen molar-refractivity contribution in [3.8, 4) is 0 Å². The number of piperidine rings is 2. The molecule has 0 radical (unpaired) electrons. The van der Waals surface area contributed by atoms with E-state index in [0.29, 0.717) is 43.9 Å². The van der Waals surface area contributed by atoms with Gasteiger partial charge in [0, 0.05) is 31.1 Å². The topological polar surface area (TPSA) is 66.6 Å². The van der Waals surface area contributed by atoms with Crippen molar-refractivity contribution in [2.24, 2.45) is 11.7 Å². The van der Waals surface area contributed by atoms with E-state index in [0.717, 1.165) is 25.7 Å². The minimum absolute atomic E-state index is 0.0666. The number of nitrogens with zero attached hydrogens (tertiary/aromatic N) is 2. The first-order valence-electron chi connectivity index (χ1n) is 9.96. The Morgan fingerprint density at radius 1 is 0.962 bits per heavy atom. The number of aryl methyl sites for hydroxylation is 1. The van der Waals surface area contributed by atoms with E-state index in [9.17, 15) is 9.59 Å². The molecule has 3 aliphatic heterocycles. The molecule has 2 bridgehead atoms. The van der Waals surface area contributed by atoms with E-state index in [-0.39, 0.29) is 17.9 Å². The Labute approximate surface area is 155 Å². The highest BCUT2D eigenvalue weighted by atomic mass is 16.2. The molecule has 26 heavy (non-hydrogen) atoms. The minimum atomic E-state index is -0.226. The molecule has 5 nitrogen and oxygen atoms in total. The van der Waals surface area contributed by atoms with Crippen molar-refractivity contribution in [1.29, 1.82) is 0 Å². The summed E-state index contributed by atoms with van der Waals surface area (Å²) in [6.07, 6.45) is 5.80. The van der Waals surface area contributed by atoms with Gasteiger partial charge < -0.3 is 15.5 Å². The lowest BCUT2D eigenvalue weighted by Gasteiger charge is -2.43. The predicted octanol–water partition coefficient (Wildman–Crippen LogP) is 3.02. The number of hydrogen-bond acceptors (Lipinski definition) is 2. The van der Waals surface area contributed by atoms with Gasteiger partial charge in [0.2, 0.25) is 5.91 Å². The van der Waals surface area contributed by atoms with Gasteiger partial charge in [-0.05, 0) is 56.9 Å². The number of benzene rings is 1. The zero-order chi connectivity index (χ0) is 18.3. The number of carbonyl (C=O) groups is 2. The van der Waals surface area contributed by atoms with Gasteiger partial charge in [-0.25, -0.2) is 4.79 Å². The molecule has 3 aliphatic rings. The van der Waals surface area contributed by atoms with Crippen LogP contribution in [0.1, 0.15) is 55.6 Å². The zero-order valence-electron chi connectivity index (χ0n) is 15.6. The summed E-state index contributed by atoms with van der Waals surface area (Å²) in [5.41, 5.74) is 8.13. The van der Waals surface area contributed by atoms with Crippen LogP contribution >= 0.6 is 0 Å². The van der Waals surface area contributed by atoms with Gasteiger partial charge in [-0.2, -0.15) is 0 Å². The minimum Gasteiger partial charge on any atom is -0.369 e. The van der Waals surface area contributed by atoms with Gasteiger partial charge in [-0.1, -0.05) is 29.8 Å². The maximum Gasteiger partial charge on any atom is 0.320 e. The summed E-state index contributed by atoms with van der Waals surface area (Å²) in [5.74, 6) is 0.275. The van der Waals surface area contributed by atoms with Crippen LogP contribution in [0.3, 0.4) is 0 Å². The summed E-state index contributed by atoms with van der Waals surface area (Å²) in [6, 6.07) is 9.80. The fraction of sp³-hybridized carbons (Fsp3) is 0.619. The molecule has 0 spiro atoms. The third-order valence-corrected chi connectivity index (χ3v) is 6.67. The Morgan fingerprint density at radius 2 is 1.54 bits per heavy atom. The van der Waals surface area contributed by atoms with E-state index >= 15 is 0 Å². The summed E-state index contributed by atoms with van der Waals surface area (Å²) in [5, 5.41) is 0. The smallest absolute Gasteiger partial charge is 0.320 e. The molecule has 1 unspecified atom stereocenters. The van der Waals surface area contributed by atoms with Gasteiger partial charge in [0.15, 0.2) is 0 Å². The quantitative estimate of drug-likeness (QED) is 0.886. The second kappa shape index (κ2) is 6.93. The summed E-state index contributed by atoms with van der Waals surface area (Å²) in [4.78, 5) is 28.6. The average Bonchev–Trinajstić information content (AvgIpc) is 2.91. The van der Waals surface area contributed by atoms with Crippen LogP contribution in [0, 0.1) is 12.8 Å². The maximum atomic E-state index is 13.1. The fourth-order valence-corrected chi connectivity index (χ4v) is 5.12. The highest BCUT2D eigenvalue weighted by Crippen LogP contribution is 2.43. The molecule has 1 aromatic rings. The second-order valence-corrected chi connectivity index (χ2v) is 8.32. The number of amides is 3. The Hall–Kier alpha value is -2.04. The first-order valence-corrected chi connectivity index (χ1v) is 9.96. The molecule has 5 heteroatoms. The third kappa shape index (κ3) is 3.19. The summed E-state index contributed by atoms with van der Waals surface area (Å²) < 4.78 is 0. The van der Waals surface area contributed by atoms with Crippen LogP contribution in [0.25, 0.3) is 0 Å². The highest BCUT2D eigenvalue weighted by Gasteiger charge is 2.45. The van der Waals surface area contributed by atoms with Crippen LogP contribution in [0.4, 0.5) is 4.79 Å². The predicted molar refractivity (Wildman–Crippen MR) is 101 cm³/mol. The first kappa shape index (κ1) is 17.4. The SMILES string of the molecule is Cc1ccc(C2C[C@H]3CC[C@@H](C2)N3C(=O)N2CCC(C(N)=O)CC2)cc1. The fourth-order valence-electron chi connectivity index (χ4n) is 5.12. The van der Waals surface area contributed by atoms with Crippen LogP contribution in [0.15, 0.2) is 24.3 Å². The standard InChI is InChI=1S/C21H29N3O2/c1-14-2-4-15(5-3-14)17-12-18-6-7-19(13-17)24(18)21(26)23-10-8-16(9-11-23)20(22)25/h2-5,16-19H,6-13H2,1H3,(H2,22,25)/t17?,18-,19+. The number of nitrogens with two attached hydrogens (primary N) is 1. The second-order valence-electron chi connectivity index (χ2n) is 8.32. The number of carbonyl (C=O) groups excluding carboxylic acids is 2. The lowest BCUT2D eigenvalue weighted by Crippen LogP contribution is -2.54.